The summed E-state index contributed by atoms with van der Waals surface area (Å²) >= 11 is 0. The molecule has 0 aromatic heterocycles. The molecule has 0 fully saturated rings. The van der Waals surface area contributed by atoms with Crippen molar-refractivity contribution in [2.75, 3.05) is 5.32 Å². The maximum atomic E-state index is 12.5. The third-order valence-corrected chi connectivity index (χ3v) is 3.39. The zero-order valence-electron chi connectivity index (χ0n) is 12.6. The minimum absolute atomic E-state index is 0.237. The Morgan fingerprint density at radius 1 is 1.00 bits per heavy atom. The number of hydrogen-bond donors (Lipinski definition) is 1. The fourth-order valence-electron chi connectivity index (χ4n) is 2.04. The van der Waals surface area contributed by atoms with Crippen LogP contribution >= 0.6 is 0 Å². The smallest absolute Gasteiger partial charge is 0.406 e. The van der Waals surface area contributed by atoms with Crippen LogP contribution in [0, 0.1) is 0 Å². The number of hydrogen-bond acceptors (Lipinski definition) is 2. The summed E-state index contributed by atoms with van der Waals surface area (Å²) in [4.78, 5) is 12.5. The minimum atomic E-state index is -4.77. The van der Waals surface area contributed by atoms with Crippen molar-refractivity contribution in [1.29, 1.82) is 0 Å². The predicted molar refractivity (Wildman–Crippen MR) is 81.2 cm³/mol. The van der Waals surface area contributed by atoms with E-state index in [1.807, 2.05) is 30.3 Å². The first-order valence-electron chi connectivity index (χ1n) is 6.91. The van der Waals surface area contributed by atoms with E-state index in [4.69, 9.17) is 0 Å². The summed E-state index contributed by atoms with van der Waals surface area (Å²) in [5, 5.41) is 2.62. The Balaban J connectivity index is 2.16. The summed E-state index contributed by atoms with van der Waals surface area (Å²) in [6.45, 7) is 3.49. The molecule has 1 N–H and O–H groups in total. The minimum Gasteiger partial charge on any atom is -0.406 e. The van der Waals surface area contributed by atoms with E-state index in [-0.39, 0.29) is 17.3 Å². The van der Waals surface area contributed by atoms with Gasteiger partial charge in [0.25, 0.3) is 0 Å². The van der Waals surface area contributed by atoms with Crippen molar-refractivity contribution in [1.82, 2.24) is 0 Å². The Hall–Kier alpha value is -2.50. The number of amides is 1. The van der Waals surface area contributed by atoms with Crippen LogP contribution in [-0.4, -0.2) is 12.3 Å². The van der Waals surface area contributed by atoms with Crippen molar-refractivity contribution < 1.29 is 22.7 Å². The number of halogens is 3. The molecule has 23 heavy (non-hydrogen) atoms. The van der Waals surface area contributed by atoms with Crippen LogP contribution in [0.25, 0.3) is 0 Å². The summed E-state index contributed by atoms with van der Waals surface area (Å²) < 4.78 is 40.6. The van der Waals surface area contributed by atoms with E-state index in [0.29, 0.717) is 0 Å². The highest BCUT2D eigenvalue weighted by atomic mass is 19.4. The third-order valence-electron chi connectivity index (χ3n) is 3.39. The summed E-state index contributed by atoms with van der Waals surface area (Å²) in [5.74, 6) is -0.708. The van der Waals surface area contributed by atoms with Crippen LogP contribution in [0.2, 0.25) is 0 Å². The molecule has 3 nitrogen and oxygen atoms in total. The molecule has 6 heteroatoms. The first-order chi connectivity index (χ1) is 10.7. The van der Waals surface area contributed by atoms with Gasteiger partial charge in [-0.15, -0.1) is 13.2 Å². The Morgan fingerprint density at radius 2 is 1.65 bits per heavy atom. The van der Waals surface area contributed by atoms with Gasteiger partial charge in [-0.3, -0.25) is 4.79 Å². The Morgan fingerprint density at radius 3 is 2.26 bits per heavy atom. The Kier molecular flexibility index (Phi) is 4.63. The lowest BCUT2D eigenvalue weighted by molar-refractivity contribution is -0.274. The van der Waals surface area contributed by atoms with Gasteiger partial charge in [-0.05, 0) is 31.5 Å². The molecule has 0 saturated heterocycles. The Bertz CT molecular complexity index is 682. The number of carbonyl (C=O) groups is 1. The second-order valence-electron chi connectivity index (χ2n) is 5.52. The third kappa shape index (κ3) is 4.48. The predicted octanol–water partition coefficient (Wildman–Crippen LogP) is 4.50. The standard InChI is InChI=1S/C17H16F3NO2/c1-16(2,12-7-4-3-5-8-12)15(22)21-13-9-6-10-14(11-13)23-17(18,19)20/h3-11H,1-2H3,(H,21,22). The average Bonchev–Trinajstić information content (AvgIpc) is 2.46. The highest BCUT2D eigenvalue weighted by Crippen LogP contribution is 2.28. The van der Waals surface area contributed by atoms with E-state index >= 15 is 0 Å². The molecule has 0 spiro atoms. The Labute approximate surface area is 132 Å². The molecule has 0 aliphatic carbocycles. The van der Waals surface area contributed by atoms with Gasteiger partial charge in [0, 0.05) is 11.8 Å². The maximum Gasteiger partial charge on any atom is 0.573 e. The number of benzene rings is 2. The van der Waals surface area contributed by atoms with E-state index in [9.17, 15) is 18.0 Å². The molecular weight excluding hydrogens is 307 g/mol. The van der Waals surface area contributed by atoms with E-state index in [1.54, 1.807) is 13.8 Å². The summed E-state index contributed by atoms with van der Waals surface area (Å²) in [5.41, 5.74) is 0.211. The SMILES string of the molecule is CC(C)(C(=O)Nc1cccc(OC(F)(F)F)c1)c1ccccc1. The zero-order chi connectivity index (χ0) is 17.1. The molecule has 1 amide bonds. The number of ether oxygens (including phenoxy) is 1. The van der Waals surface area contributed by atoms with Crippen molar-refractivity contribution >= 4 is 11.6 Å². The van der Waals surface area contributed by atoms with Gasteiger partial charge in [0.1, 0.15) is 5.75 Å². The van der Waals surface area contributed by atoms with Crippen LogP contribution in [0.1, 0.15) is 19.4 Å². The van der Waals surface area contributed by atoms with Gasteiger partial charge in [0.05, 0.1) is 5.41 Å². The molecule has 0 unspecified atom stereocenters. The van der Waals surface area contributed by atoms with Gasteiger partial charge < -0.3 is 10.1 Å². The number of rotatable bonds is 4. The van der Waals surface area contributed by atoms with Gasteiger partial charge in [-0.1, -0.05) is 36.4 Å². The molecule has 0 atom stereocenters. The van der Waals surface area contributed by atoms with Crippen LogP contribution in [0.3, 0.4) is 0 Å². The van der Waals surface area contributed by atoms with Gasteiger partial charge in [-0.2, -0.15) is 0 Å². The highest BCUT2D eigenvalue weighted by Gasteiger charge is 2.32. The fourth-order valence-corrected chi connectivity index (χ4v) is 2.04. The van der Waals surface area contributed by atoms with E-state index in [0.717, 1.165) is 11.6 Å². The van der Waals surface area contributed by atoms with Gasteiger partial charge >= 0.3 is 6.36 Å². The molecule has 0 aliphatic heterocycles. The van der Waals surface area contributed by atoms with E-state index in [2.05, 4.69) is 10.1 Å². The first kappa shape index (κ1) is 16.9. The molecule has 0 bridgehead atoms. The van der Waals surface area contributed by atoms with Crippen LogP contribution < -0.4 is 10.1 Å². The second kappa shape index (κ2) is 6.32. The maximum absolute atomic E-state index is 12.5. The summed E-state index contributed by atoms with van der Waals surface area (Å²) in [7, 11) is 0. The van der Waals surface area contributed by atoms with Crippen LogP contribution in [-0.2, 0) is 10.2 Å². The number of alkyl halides is 3. The quantitative estimate of drug-likeness (QED) is 0.899. The van der Waals surface area contributed by atoms with Crippen LogP contribution in [0.5, 0.6) is 5.75 Å². The molecule has 122 valence electrons. The summed E-state index contributed by atoms with van der Waals surface area (Å²) in [6, 6.07) is 14.3. The lowest BCUT2D eigenvalue weighted by atomic mass is 9.83. The molecule has 0 heterocycles. The van der Waals surface area contributed by atoms with Crippen molar-refractivity contribution in [2.45, 2.75) is 25.6 Å². The van der Waals surface area contributed by atoms with Gasteiger partial charge in [0.15, 0.2) is 0 Å². The van der Waals surface area contributed by atoms with Crippen molar-refractivity contribution in [3.8, 4) is 5.75 Å². The van der Waals surface area contributed by atoms with Gasteiger partial charge in [-0.25, -0.2) is 0 Å². The molecule has 0 radical (unpaired) electrons. The first-order valence-corrected chi connectivity index (χ1v) is 6.91. The molecular formula is C17H16F3NO2. The molecule has 2 rings (SSSR count). The zero-order valence-corrected chi connectivity index (χ0v) is 12.6. The average molecular weight is 323 g/mol. The fraction of sp³-hybridized carbons (Fsp3) is 0.235. The number of nitrogens with one attached hydrogen (secondary N) is 1. The number of carbonyl (C=O) groups excluding carboxylic acids is 1. The largest absolute Gasteiger partial charge is 0.573 e. The van der Waals surface area contributed by atoms with Crippen molar-refractivity contribution in [3.05, 3.63) is 60.2 Å². The molecule has 0 aliphatic rings. The monoisotopic (exact) mass is 323 g/mol. The highest BCUT2D eigenvalue weighted by molar-refractivity contribution is 5.98. The normalized spacial score (nSPS) is 11.9. The van der Waals surface area contributed by atoms with E-state index in [1.165, 1.54) is 18.2 Å². The lowest BCUT2D eigenvalue weighted by Gasteiger charge is -2.24. The molecule has 0 saturated carbocycles. The topological polar surface area (TPSA) is 38.3 Å². The van der Waals surface area contributed by atoms with Crippen LogP contribution in [0.15, 0.2) is 54.6 Å². The summed E-state index contributed by atoms with van der Waals surface area (Å²) in [6.07, 6.45) is -4.77. The van der Waals surface area contributed by atoms with Crippen molar-refractivity contribution in [2.24, 2.45) is 0 Å². The molecule has 2 aromatic carbocycles. The van der Waals surface area contributed by atoms with E-state index < -0.39 is 11.8 Å². The second-order valence-corrected chi connectivity index (χ2v) is 5.52. The van der Waals surface area contributed by atoms with Crippen LogP contribution in [0.4, 0.5) is 18.9 Å². The lowest BCUT2D eigenvalue weighted by Crippen LogP contribution is -2.34. The number of anilines is 1. The van der Waals surface area contributed by atoms with Gasteiger partial charge in [0.2, 0.25) is 5.91 Å². The van der Waals surface area contributed by atoms with Crippen molar-refractivity contribution in [3.63, 3.8) is 0 Å². The molecule has 2 aromatic rings.